The molecule has 1 fully saturated rings. The molecule has 0 bridgehead atoms. The Bertz CT molecular complexity index is 1320. The number of rotatable bonds is 8. The molecule has 5 rings (SSSR count). The van der Waals surface area contributed by atoms with Crippen LogP contribution in [0.5, 0.6) is 0 Å². The Hall–Kier alpha value is -3.25. The highest BCUT2D eigenvalue weighted by Gasteiger charge is 2.50. The number of aromatic nitrogens is 1. The van der Waals surface area contributed by atoms with E-state index in [1.165, 1.54) is 37.6 Å². The predicted octanol–water partition coefficient (Wildman–Crippen LogP) is 4.14. The van der Waals surface area contributed by atoms with Crippen molar-refractivity contribution >= 4 is 28.2 Å². The number of carbonyl (C=O) groups excluding carboxylic acids is 1. The summed E-state index contributed by atoms with van der Waals surface area (Å²) < 4.78 is 12.2. The number of ether oxygens (including phenoxy) is 1. The molecule has 1 aliphatic carbocycles. The summed E-state index contributed by atoms with van der Waals surface area (Å²) in [4.78, 5) is 33.7. The van der Waals surface area contributed by atoms with Gasteiger partial charge in [0.25, 0.3) is 5.91 Å². The number of aliphatic carboxylic acids is 1. The van der Waals surface area contributed by atoms with Crippen LogP contribution in [0.2, 0.25) is 0 Å². The number of nitrogens with two attached hydrogens (primary N) is 1. The van der Waals surface area contributed by atoms with E-state index in [4.69, 9.17) is 14.9 Å². The van der Waals surface area contributed by atoms with Crippen molar-refractivity contribution in [3.05, 3.63) is 59.5 Å². The molecule has 11 heteroatoms. The number of carboxylic acids is 1. The second-order valence-electron chi connectivity index (χ2n) is 10.7. The number of hydrogen-bond acceptors (Lipinski definition) is 9. The number of aliphatic hydroxyl groups excluding tert-OH is 1. The third-order valence-electron chi connectivity index (χ3n) is 7.69. The van der Waals surface area contributed by atoms with E-state index < -0.39 is 29.9 Å². The van der Waals surface area contributed by atoms with E-state index in [2.05, 4.69) is 4.98 Å². The first-order valence-electron chi connectivity index (χ1n) is 13.1. The maximum atomic E-state index is 13.8. The molecule has 39 heavy (non-hydrogen) atoms. The topological polar surface area (TPSA) is 142 Å². The number of anilines is 1. The molecule has 0 spiro atoms. The number of thiophene rings is 1. The quantitative estimate of drug-likeness (QED) is 0.374. The van der Waals surface area contributed by atoms with Crippen LogP contribution in [0.25, 0.3) is 10.8 Å². The summed E-state index contributed by atoms with van der Waals surface area (Å²) in [6, 6.07) is 9.90. The van der Waals surface area contributed by atoms with Gasteiger partial charge < -0.3 is 30.0 Å². The monoisotopic (exact) mass is 554 g/mol. The van der Waals surface area contributed by atoms with Crippen molar-refractivity contribution in [1.82, 2.24) is 9.88 Å². The Kier molecular flexibility index (Phi) is 7.51. The SMILES string of the molecule is Cc1c(-c2ncco2)sc2c1C(=O)N(C(C)(C)C(=O)O)C(O)N2C[C@H](O[C@H]1CC[C@@H](N)CC1)c1ccccc1. The molecule has 1 unspecified atom stereocenters. The summed E-state index contributed by atoms with van der Waals surface area (Å²) in [6.45, 7) is 4.79. The van der Waals surface area contributed by atoms with Crippen LogP contribution in [-0.2, 0) is 9.53 Å². The highest BCUT2D eigenvalue weighted by Crippen LogP contribution is 2.47. The molecule has 10 nitrogen and oxygen atoms in total. The molecule has 1 aromatic carbocycles. The molecule has 2 aliphatic rings. The number of carbonyl (C=O) groups is 2. The number of fused-ring (bicyclic) bond motifs is 1. The Balaban J connectivity index is 1.58. The minimum absolute atomic E-state index is 0.00226. The average molecular weight is 555 g/mol. The van der Waals surface area contributed by atoms with E-state index in [0.717, 1.165) is 36.1 Å². The van der Waals surface area contributed by atoms with Crippen molar-refractivity contribution in [3.8, 4) is 10.8 Å². The number of hydrogen-bond donors (Lipinski definition) is 3. The molecule has 2 aromatic heterocycles. The first kappa shape index (κ1) is 27.3. The van der Waals surface area contributed by atoms with Gasteiger partial charge in [-0.1, -0.05) is 30.3 Å². The van der Waals surface area contributed by atoms with Gasteiger partial charge in [0.2, 0.25) is 12.2 Å². The van der Waals surface area contributed by atoms with Gasteiger partial charge in [0.15, 0.2) is 0 Å². The number of aliphatic hydroxyl groups is 1. The van der Waals surface area contributed by atoms with Crippen LogP contribution in [0.3, 0.4) is 0 Å². The molecule has 1 amide bonds. The van der Waals surface area contributed by atoms with Gasteiger partial charge in [-0.05, 0) is 57.6 Å². The smallest absolute Gasteiger partial charge is 0.329 e. The summed E-state index contributed by atoms with van der Waals surface area (Å²) in [7, 11) is 0. The Morgan fingerprint density at radius 2 is 1.95 bits per heavy atom. The lowest BCUT2D eigenvalue weighted by Crippen LogP contribution is -2.65. The number of nitrogens with zero attached hydrogens (tertiary/aromatic N) is 3. The first-order valence-corrected chi connectivity index (χ1v) is 13.9. The largest absolute Gasteiger partial charge is 0.480 e. The normalized spacial score (nSPS) is 22.6. The average Bonchev–Trinajstić information content (AvgIpc) is 3.55. The number of benzene rings is 1. The lowest BCUT2D eigenvalue weighted by Gasteiger charge is -2.47. The van der Waals surface area contributed by atoms with Crippen LogP contribution in [0, 0.1) is 6.92 Å². The number of carboxylic acid groups (broad SMARTS) is 1. The lowest BCUT2D eigenvalue weighted by molar-refractivity contribution is -0.154. The highest BCUT2D eigenvalue weighted by molar-refractivity contribution is 7.20. The van der Waals surface area contributed by atoms with Gasteiger partial charge in [0, 0.05) is 6.04 Å². The second kappa shape index (κ2) is 10.7. The summed E-state index contributed by atoms with van der Waals surface area (Å²) >= 11 is 1.28. The van der Waals surface area contributed by atoms with E-state index in [0.29, 0.717) is 26.9 Å². The molecule has 1 saturated carbocycles. The molecule has 0 saturated heterocycles. The molecule has 2 atom stereocenters. The van der Waals surface area contributed by atoms with Crippen molar-refractivity contribution < 1.29 is 29.0 Å². The second-order valence-corrected chi connectivity index (χ2v) is 11.7. The number of amides is 1. The summed E-state index contributed by atoms with van der Waals surface area (Å²) in [5.41, 5.74) is 6.29. The van der Waals surface area contributed by atoms with E-state index in [9.17, 15) is 19.8 Å². The third kappa shape index (κ3) is 5.07. The van der Waals surface area contributed by atoms with Gasteiger partial charge in [-0.3, -0.25) is 9.69 Å². The lowest BCUT2D eigenvalue weighted by atomic mass is 9.93. The van der Waals surface area contributed by atoms with Gasteiger partial charge in [-0.2, -0.15) is 0 Å². The zero-order valence-electron chi connectivity index (χ0n) is 22.2. The first-order chi connectivity index (χ1) is 18.6. The van der Waals surface area contributed by atoms with Crippen LogP contribution >= 0.6 is 11.3 Å². The predicted molar refractivity (Wildman–Crippen MR) is 146 cm³/mol. The van der Waals surface area contributed by atoms with Gasteiger partial charge in [-0.15, -0.1) is 11.3 Å². The van der Waals surface area contributed by atoms with E-state index in [1.54, 1.807) is 11.8 Å². The van der Waals surface area contributed by atoms with E-state index >= 15 is 0 Å². The fourth-order valence-corrected chi connectivity index (χ4v) is 6.58. The molecule has 3 aromatic rings. The third-order valence-corrected chi connectivity index (χ3v) is 9.01. The molecular formula is C28H34N4O6S. The molecule has 0 radical (unpaired) electrons. The summed E-state index contributed by atoms with van der Waals surface area (Å²) in [6.07, 6.45) is 4.40. The van der Waals surface area contributed by atoms with Gasteiger partial charge in [0.05, 0.1) is 29.3 Å². The van der Waals surface area contributed by atoms with Crippen LogP contribution in [0.4, 0.5) is 5.00 Å². The van der Waals surface area contributed by atoms with Crippen LogP contribution < -0.4 is 10.6 Å². The molecular weight excluding hydrogens is 520 g/mol. The Morgan fingerprint density at radius 3 is 2.56 bits per heavy atom. The summed E-state index contributed by atoms with van der Waals surface area (Å²) in [5, 5.41) is 22.2. The zero-order valence-corrected chi connectivity index (χ0v) is 23.1. The molecule has 3 heterocycles. The maximum Gasteiger partial charge on any atom is 0.329 e. The van der Waals surface area contributed by atoms with Crippen molar-refractivity contribution in [2.75, 3.05) is 11.4 Å². The zero-order chi connectivity index (χ0) is 27.9. The Morgan fingerprint density at radius 1 is 1.26 bits per heavy atom. The van der Waals surface area contributed by atoms with Crippen molar-refractivity contribution in [3.63, 3.8) is 0 Å². The van der Waals surface area contributed by atoms with E-state index in [-0.39, 0.29) is 18.7 Å². The van der Waals surface area contributed by atoms with Crippen molar-refractivity contribution in [1.29, 1.82) is 0 Å². The fraction of sp³-hybridized carbons (Fsp3) is 0.464. The Labute approximate surface area is 231 Å². The highest BCUT2D eigenvalue weighted by atomic mass is 32.1. The van der Waals surface area contributed by atoms with E-state index in [1.807, 2.05) is 30.3 Å². The van der Waals surface area contributed by atoms with Gasteiger partial charge >= 0.3 is 5.97 Å². The molecule has 1 aliphatic heterocycles. The van der Waals surface area contributed by atoms with Crippen molar-refractivity contribution in [2.24, 2.45) is 5.73 Å². The van der Waals surface area contributed by atoms with Gasteiger partial charge in [-0.25, -0.2) is 9.78 Å². The maximum absolute atomic E-state index is 13.8. The minimum Gasteiger partial charge on any atom is -0.480 e. The minimum atomic E-state index is -1.69. The standard InChI is InChI=1S/C28H34N4O6S/c1-16-21-24(33)32(28(2,3)26(34)35)27(36)31(25(21)39-22(16)23-30-13-14-37-23)15-20(17-7-5-4-6-8-17)38-19-11-9-18(29)10-12-19/h4-8,13-14,18-20,27,36H,9-12,15,29H2,1-3H3,(H,34,35)/t18-,19+,20-,27?/m0/s1. The van der Waals surface area contributed by atoms with Crippen LogP contribution in [0.15, 0.2) is 47.2 Å². The van der Waals surface area contributed by atoms with Crippen molar-refractivity contribution in [2.45, 2.75) is 76.6 Å². The molecule has 208 valence electrons. The molecule has 4 N–H and O–H groups in total. The number of oxazole rings is 1. The summed E-state index contributed by atoms with van der Waals surface area (Å²) in [5.74, 6) is -1.44. The fourth-order valence-electron chi connectivity index (χ4n) is 5.31. The van der Waals surface area contributed by atoms with Crippen LogP contribution in [0.1, 0.15) is 67.1 Å². The van der Waals surface area contributed by atoms with Crippen LogP contribution in [-0.4, -0.2) is 62.6 Å². The van der Waals surface area contributed by atoms with Gasteiger partial charge in [0.1, 0.15) is 22.9 Å².